The minimum Gasteiger partial charge on any atom is -0.393 e. The SMILES string of the molecule is CC(C)(C)C(=O)OC(=O)Cc1cc(F)cc(Cl)c1. The monoisotopic (exact) mass is 272 g/mol. The number of benzene rings is 1. The average molecular weight is 273 g/mol. The van der Waals surface area contributed by atoms with E-state index in [9.17, 15) is 14.0 Å². The van der Waals surface area contributed by atoms with E-state index in [2.05, 4.69) is 4.74 Å². The van der Waals surface area contributed by atoms with Gasteiger partial charge in [0.1, 0.15) is 5.82 Å². The van der Waals surface area contributed by atoms with Crippen LogP contribution in [0.5, 0.6) is 0 Å². The van der Waals surface area contributed by atoms with Crippen molar-refractivity contribution in [2.24, 2.45) is 5.41 Å². The van der Waals surface area contributed by atoms with Crippen LogP contribution >= 0.6 is 11.6 Å². The van der Waals surface area contributed by atoms with Crippen LogP contribution in [0, 0.1) is 11.2 Å². The van der Waals surface area contributed by atoms with Crippen LogP contribution in [0.15, 0.2) is 18.2 Å². The first kappa shape index (κ1) is 14.6. The summed E-state index contributed by atoms with van der Waals surface area (Å²) < 4.78 is 17.7. The van der Waals surface area contributed by atoms with Gasteiger partial charge in [0, 0.05) is 5.02 Å². The fourth-order valence-corrected chi connectivity index (χ4v) is 1.42. The van der Waals surface area contributed by atoms with Crippen molar-refractivity contribution in [1.82, 2.24) is 0 Å². The van der Waals surface area contributed by atoms with E-state index in [4.69, 9.17) is 11.6 Å². The van der Waals surface area contributed by atoms with Crippen LogP contribution < -0.4 is 0 Å². The summed E-state index contributed by atoms with van der Waals surface area (Å²) in [6.07, 6.45) is -0.195. The van der Waals surface area contributed by atoms with Crippen LogP contribution in [0.2, 0.25) is 5.02 Å². The summed E-state index contributed by atoms with van der Waals surface area (Å²) in [6.45, 7) is 4.92. The van der Waals surface area contributed by atoms with E-state index in [1.54, 1.807) is 20.8 Å². The highest BCUT2D eigenvalue weighted by molar-refractivity contribution is 6.30. The Morgan fingerprint density at radius 1 is 1.28 bits per heavy atom. The maximum Gasteiger partial charge on any atom is 0.318 e. The molecule has 98 valence electrons. The molecule has 0 bridgehead atoms. The molecular weight excluding hydrogens is 259 g/mol. The number of hydrogen-bond donors (Lipinski definition) is 0. The topological polar surface area (TPSA) is 43.4 Å². The average Bonchev–Trinajstić information content (AvgIpc) is 2.13. The van der Waals surface area contributed by atoms with Gasteiger partial charge >= 0.3 is 11.9 Å². The van der Waals surface area contributed by atoms with E-state index in [1.165, 1.54) is 12.1 Å². The quantitative estimate of drug-likeness (QED) is 0.614. The highest BCUT2D eigenvalue weighted by Gasteiger charge is 2.25. The van der Waals surface area contributed by atoms with Gasteiger partial charge in [0.25, 0.3) is 0 Å². The molecule has 18 heavy (non-hydrogen) atoms. The Hall–Kier alpha value is -1.42. The summed E-state index contributed by atoms with van der Waals surface area (Å²) in [5.41, 5.74) is -0.387. The van der Waals surface area contributed by atoms with Gasteiger partial charge in [-0.3, -0.25) is 9.59 Å². The predicted octanol–water partition coefficient (Wildman–Crippen LogP) is 3.14. The Kier molecular flexibility index (Phi) is 4.46. The molecule has 3 nitrogen and oxygen atoms in total. The fourth-order valence-electron chi connectivity index (χ4n) is 1.17. The van der Waals surface area contributed by atoms with Crippen molar-refractivity contribution >= 4 is 23.5 Å². The molecule has 1 rings (SSSR count). The molecule has 0 aliphatic heterocycles. The lowest BCUT2D eigenvalue weighted by Gasteiger charge is -2.15. The number of hydrogen-bond acceptors (Lipinski definition) is 3. The molecule has 0 saturated carbocycles. The van der Waals surface area contributed by atoms with Crippen molar-refractivity contribution in [2.75, 3.05) is 0 Å². The van der Waals surface area contributed by atoms with Crippen LogP contribution in [0.1, 0.15) is 26.3 Å². The molecule has 0 aromatic heterocycles. The third kappa shape index (κ3) is 4.45. The minimum absolute atomic E-state index is 0.194. The van der Waals surface area contributed by atoms with Crippen molar-refractivity contribution in [3.63, 3.8) is 0 Å². The number of carbonyl (C=O) groups is 2. The zero-order valence-electron chi connectivity index (χ0n) is 10.4. The van der Waals surface area contributed by atoms with Gasteiger partial charge in [0.2, 0.25) is 0 Å². The lowest BCUT2D eigenvalue weighted by atomic mass is 9.97. The van der Waals surface area contributed by atoms with E-state index >= 15 is 0 Å². The van der Waals surface area contributed by atoms with Crippen LogP contribution in [-0.4, -0.2) is 11.9 Å². The third-order valence-electron chi connectivity index (χ3n) is 2.09. The van der Waals surface area contributed by atoms with Gasteiger partial charge < -0.3 is 4.74 Å². The molecule has 0 N–H and O–H groups in total. The maximum absolute atomic E-state index is 13.0. The molecule has 0 amide bonds. The van der Waals surface area contributed by atoms with Crippen molar-refractivity contribution in [2.45, 2.75) is 27.2 Å². The molecule has 0 aliphatic rings. The van der Waals surface area contributed by atoms with Gasteiger partial charge in [-0.05, 0) is 44.5 Å². The zero-order chi connectivity index (χ0) is 13.9. The molecule has 5 heteroatoms. The molecule has 1 aromatic carbocycles. The first-order valence-electron chi connectivity index (χ1n) is 5.38. The Labute approximate surface area is 110 Å². The molecule has 0 atom stereocenters. The summed E-state index contributed by atoms with van der Waals surface area (Å²) in [5, 5.41) is 0.194. The van der Waals surface area contributed by atoms with Crippen LogP contribution in [0.25, 0.3) is 0 Å². The van der Waals surface area contributed by atoms with Gasteiger partial charge in [-0.15, -0.1) is 0 Å². The molecule has 0 unspecified atom stereocenters. The lowest BCUT2D eigenvalue weighted by Crippen LogP contribution is -2.26. The molecule has 1 aromatic rings. The normalized spacial score (nSPS) is 11.2. The van der Waals surface area contributed by atoms with Gasteiger partial charge in [-0.1, -0.05) is 11.6 Å². The van der Waals surface area contributed by atoms with Crippen LogP contribution in [0.4, 0.5) is 4.39 Å². The molecule has 0 aliphatic carbocycles. The van der Waals surface area contributed by atoms with E-state index in [1.807, 2.05) is 0 Å². The summed E-state index contributed by atoms with van der Waals surface area (Å²) in [6, 6.07) is 3.76. The second-order valence-electron chi connectivity index (χ2n) is 4.97. The first-order chi connectivity index (χ1) is 8.18. The molecule has 0 fully saturated rings. The standard InChI is InChI=1S/C13H14ClFO3/c1-13(2,3)12(17)18-11(16)6-8-4-9(14)7-10(15)5-8/h4-5,7H,6H2,1-3H3. The summed E-state index contributed by atoms with van der Waals surface area (Å²) in [4.78, 5) is 22.9. The molecule has 0 radical (unpaired) electrons. The summed E-state index contributed by atoms with van der Waals surface area (Å²) in [7, 11) is 0. The van der Waals surface area contributed by atoms with Gasteiger partial charge in [0.15, 0.2) is 0 Å². The molecule has 0 saturated heterocycles. The highest BCUT2D eigenvalue weighted by Crippen LogP contribution is 2.17. The van der Waals surface area contributed by atoms with Gasteiger partial charge in [0.05, 0.1) is 11.8 Å². The predicted molar refractivity (Wildman–Crippen MR) is 65.7 cm³/mol. The third-order valence-corrected chi connectivity index (χ3v) is 2.31. The highest BCUT2D eigenvalue weighted by atomic mass is 35.5. The van der Waals surface area contributed by atoms with Crippen molar-refractivity contribution in [3.8, 4) is 0 Å². The second-order valence-corrected chi connectivity index (χ2v) is 5.40. The molecule has 0 spiro atoms. The smallest absolute Gasteiger partial charge is 0.318 e. The zero-order valence-corrected chi connectivity index (χ0v) is 11.2. The summed E-state index contributed by atoms with van der Waals surface area (Å²) >= 11 is 5.65. The number of halogens is 2. The maximum atomic E-state index is 13.0. The number of ether oxygens (including phenoxy) is 1. The fraction of sp³-hybridized carbons (Fsp3) is 0.385. The van der Waals surface area contributed by atoms with E-state index in [-0.39, 0.29) is 11.4 Å². The van der Waals surface area contributed by atoms with E-state index < -0.39 is 23.2 Å². The Balaban J connectivity index is 2.68. The molecule has 0 heterocycles. The van der Waals surface area contributed by atoms with Crippen molar-refractivity contribution in [1.29, 1.82) is 0 Å². The van der Waals surface area contributed by atoms with Crippen LogP contribution in [-0.2, 0) is 20.7 Å². The summed E-state index contributed by atoms with van der Waals surface area (Å²) in [5.74, 6) is -1.88. The lowest BCUT2D eigenvalue weighted by molar-refractivity contribution is -0.165. The number of carbonyl (C=O) groups excluding carboxylic acids is 2. The van der Waals surface area contributed by atoms with E-state index in [0.717, 1.165) is 6.07 Å². The van der Waals surface area contributed by atoms with E-state index in [0.29, 0.717) is 5.56 Å². The minimum atomic E-state index is -0.755. The van der Waals surface area contributed by atoms with Gasteiger partial charge in [-0.25, -0.2) is 4.39 Å². The van der Waals surface area contributed by atoms with Crippen molar-refractivity contribution < 1.29 is 18.7 Å². The number of rotatable bonds is 2. The van der Waals surface area contributed by atoms with Gasteiger partial charge in [-0.2, -0.15) is 0 Å². The Bertz CT molecular complexity index is 457. The van der Waals surface area contributed by atoms with Crippen molar-refractivity contribution in [3.05, 3.63) is 34.6 Å². The number of esters is 2. The second kappa shape index (κ2) is 5.48. The largest absolute Gasteiger partial charge is 0.393 e. The first-order valence-corrected chi connectivity index (χ1v) is 5.76. The Morgan fingerprint density at radius 3 is 2.39 bits per heavy atom. The molecular formula is C13H14ClFO3. The van der Waals surface area contributed by atoms with Crippen LogP contribution in [0.3, 0.4) is 0 Å². The Morgan fingerprint density at radius 2 is 1.89 bits per heavy atom.